The maximum atomic E-state index is 4.12. The fourth-order valence-corrected chi connectivity index (χ4v) is 2.81. The van der Waals surface area contributed by atoms with E-state index in [4.69, 9.17) is 0 Å². The molecular weight excluding hydrogens is 284 g/mol. The molecule has 2 rings (SSSR count). The first-order valence-electron chi connectivity index (χ1n) is 5.19. The molecule has 0 aliphatic rings. The summed E-state index contributed by atoms with van der Waals surface area (Å²) in [6.45, 7) is 3.06. The Hall–Kier alpha value is -0.870. The van der Waals surface area contributed by atoms with E-state index in [9.17, 15) is 0 Å². The standard InChI is InChI=1S/C12H13BrN2S/c1-2-9-3-4-16-12(9)8-15-11-5-10(13)6-14-7-11/h3-7,15H,2,8H2,1H3. The lowest BCUT2D eigenvalue weighted by molar-refractivity contribution is 1.08. The number of nitrogens with one attached hydrogen (secondary N) is 1. The first-order valence-corrected chi connectivity index (χ1v) is 6.86. The minimum absolute atomic E-state index is 0.874. The van der Waals surface area contributed by atoms with Crippen LogP contribution in [0.15, 0.2) is 34.4 Å². The number of aryl methyl sites for hydroxylation is 1. The van der Waals surface area contributed by atoms with Crippen molar-refractivity contribution in [2.75, 3.05) is 5.32 Å². The summed E-state index contributed by atoms with van der Waals surface area (Å²) in [6.07, 6.45) is 4.72. The van der Waals surface area contributed by atoms with Crippen LogP contribution in [-0.4, -0.2) is 4.98 Å². The largest absolute Gasteiger partial charge is 0.379 e. The van der Waals surface area contributed by atoms with Crippen LogP contribution in [0.1, 0.15) is 17.4 Å². The van der Waals surface area contributed by atoms with E-state index in [1.165, 1.54) is 10.4 Å². The highest BCUT2D eigenvalue weighted by molar-refractivity contribution is 9.10. The molecule has 0 amide bonds. The van der Waals surface area contributed by atoms with Gasteiger partial charge in [0.15, 0.2) is 0 Å². The van der Waals surface area contributed by atoms with Crippen molar-refractivity contribution >= 4 is 33.0 Å². The van der Waals surface area contributed by atoms with Crippen molar-refractivity contribution in [1.29, 1.82) is 0 Å². The van der Waals surface area contributed by atoms with Gasteiger partial charge in [-0.05, 0) is 45.4 Å². The maximum Gasteiger partial charge on any atom is 0.0540 e. The Morgan fingerprint density at radius 1 is 1.44 bits per heavy atom. The lowest BCUT2D eigenvalue weighted by Gasteiger charge is -2.06. The minimum atomic E-state index is 0.874. The summed E-state index contributed by atoms with van der Waals surface area (Å²) in [4.78, 5) is 5.53. The minimum Gasteiger partial charge on any atom is -0.379 e. The van der Waals surface area contributed by atoms with E-state index in [0.717, 1.165) is 23.1 Å². The van der Waals surface area contributed by atoms with Gasteiger partial charge in [0.2, 0.25) is 0 Å². The highest BCUT2D eigenvalue weighted by Crippen LogP contribution is 2.20. The van der Waals surface area contributed by atoms with Gasteiger partial charge < -0.3 is 5.32 Å². The maximum absolute atomic E-state index is 4.12. The van der Waals surface area contributed by atoms with Crippen LogP contribution >= 0.6 is 27.3 Å². The molecule has 0 atom stereocenters. The number of hydrogen-bond acceptors (Lipinski definition) is 3. The van der Waals surface area contributed by atoms with E-state index in [-0.39, 0.29) is 0 Å². The van der Waals surface area contributed by atoms with Gasteiger partial charge in [0.05, 0.1) is 11.9 Å². The van der Waals surface area contributed by atoms with E-state index in [1.807, 2.05) is 12.3 Å². The zero-order chi connectivity index (χ0) is 11.4. The smallest absolute Gasteiger partial charge is 0.0540 e. The third-order valence-corrected chi connectivity index (χ3v) is 3.77. The number of nitrogens with zero attached hydrogens (tertiary/aromatic N) is 1. The van der Waals surface area contributed by atoms with Gasteiger partial charge in [0, 0.05) is 22.1 Å². The van der Waals surface area contributed by atoms with E-state index >= 15 is 0 Å². The molecule has 0 saturated heterocycles. The third-order valence-electron chi connectivity index (χ3n) is 2.38. The average molecular weight is 297 g/mol. The van der Waals surface area contributed by atoms with Crippen molar-refractivity contribution in [1.82, 2.24) is 4.98 Å². The molecule has 0 aromatic carbocycles. The summed E-state index contributed by atoms with van der Waals surface area (Å²) >= 11 is 5.21. The van der Waals surface area contributed by atoms with E-state index < -0.39 is 0 Å². The molecule has 0 radical (unpaired) electrons. The number of aromatic nitrogens is 1. The van der Waals surface area contributed by atoms with Crippen LogP contribution in [0.3, 0.4) is 0 Å². The molecule has 2 aromatic heterocycles. The molecule has 0 aliphatic carbocycles. The van der Waals surface area contributed by atoms with Gasteiger partial charge in [0.1, 0.15) is 0 Å². The summed E-state index contributed by atoms with van der Waals surface area (Å²) in [5.74, 6) is 0. The number of pyridine rings is 1. The number of halogens is 1. The second-order valence-corrected chi connectivity index (χ2v) is 5.38. The van der Waals surface area contributed by atoms with E-state index in [1.54, 1.807) is 17.5 Å². The number of rotatable bonds is 4. The Morgan fingerprint density at radius 2 is 2.31 bits per heavy atom. The van der Waals surface area contributed by atoms with Crippen LogP contribution < -0.4 is 5.32 Å². The molecule has 1 N–H and O–H groups in total. The van der Waals surface area contributed by atoms with Gasteiger partial charge >= 0.3 is 0 Å². The van der Waals surface area contributed by atoms with Crippen LogP contribution in [-0.2, 0) is 13.0 Å². The zero-order valence-electron chi connectivity index (χ0n) is 9.03. The fourth-order valence-electron chi connectivity index (χ4n) is 1.53. The van der Waals surface area contributed by atoms with Crippen molar-refractivity contribution in [2.45, 2.75) is 19.9 Å². The van der Waals surface area contributed by atoms with Crippen molar-refractivity contribution in [3.63, 3.8) is 0 Å². The summed E-state index contributed by atoms with van der Waals surface area (Å²) < 4.78 is 0.999. The molecule has 2 heterocycles. The van der Waals surface area contributed by atoms with Gasteiger partial charge in [-0.25, -0.2) is 0 Å². The topological polar surface area (TPSA) is 24.9 Å². The molecule has 16 heavy (non-hydrogen) atoms. The zero-order valence-corrected chi connectivity index (χ0v) is 11.4. The summed E-state index contributed by atoms with van der Waals surface area (Å²) in [5.41, 5.74) is 2.48. The van der Waals surface area contributed by atoms with E-state index in [0.29, 0.717) is 0 Å². The molecular formula is C12H13BrN2S. The lowest BCUT2D eigenvalue weighted by atomic mass is 10.2. The summed E-state index contributed by atoms with van der Waals surface area (Å²) in [7, 11) is 0. The predicted molar refractivity (Wildman–Crippen MR) is 73.0 cm³/mol. The number of hydrogen-bond donors (Lipinski definition) is 1. The normalized spacial score (nSPS) is 10.4. The molecule has 0 saturated carbocycles. The van der Waals surface area contributed by atoms with Crippen molar-refractivity contribution in [3.05, 3.63) is 44.8 Å². The van der Waals surface area contributed by atoms with E-state index in [2.05, 4.69) is 44.6 Å². The fraction of sp³-hybridized carbons (Fsp3) is 0.250. The molecule has 0 aliphatic heterocycles. The second-order valence-electron chi connectivity index (χ2n) is 3.47. The van der Waals surface area contributed by atoms with Crippen LogP contribution in [0, 0.1) is 0 Å². The first-order chi connectivity index (χ1) is 7.79. The van der Waals surface area contributed by atoms with Gasteiger partial charge in [-0.1, -0.05) is 6.92 Å². The molecule has 4 heteroatoms. The average Bonchev–Trinajstić information content (AvgIpc) is 2.74. The van der Waals surface area contributed by atoms with Crippen LogP contribution in [0.5, 0.6) is 0 Å². The molecule has 0 spiro atoms. The summed E-state index contributed by atoms with van der Waals surface area (Å²) in [6, 6.07) is 4.23. The summed E-state index contributed by atoms with van der Waals surface area (Å²) in [5, 5.41) is 5.53. The highest BCUT2D eigenvalue weighted by Gasteiger charge is 2.02. The third kappa shape index (κ3) is 2.83. The second kappa shape index (κ2) is 5.46. The number of thiophene rings is 1. The Labute approximate surface area is 108 Å². The highest BCUT2D eigenvalue weighted by atomic mass is 79.9. The van der Waals surface area contributed by atoms with Gasteiger partial charge in [-0.15, -0.1) is 11.3 Å². The van der Waals surface area contributed by atoms with Crippen molar-refractivity contribution < 1.29 is 0 Å². The molecule has 2 nitrogen and oxygen atoms in total. The first kappa shape index (κ1) is 11.6. The molecule has 2 aromatic rings. The monoisotopic (exact) mass is 296 g/mol. The van der Waals surface area contributed by atoms with Gasteiger partial charge in [-0.3, -0.25) is 4.98 Å². The Morgan fingerprint density at radius 3 is 3.06 bits per heavy atom. The Balaban J connectivity index is 2.02. The van der Waals surface area contributed by atoms with Crippen LogP contribution in [0.25, 0.3) is 0 Å². The SMILES string of the molecule is CCc1ccsc1CNc1cncc(Br)c1. The van der Waals surface area contributed by atoms with Gasteiger partial charge in [0.25, 0.3) is 0 Å². The quantitative estimate of drug-likeness (QED) is 0.919. The van der Waals surface area contributed by atoms with Crippen LogP contribution in [0.4, 0.5) is 5.69 Å². The van der Waals surface area contributed by atoms with Gasteiger partial charge in [-0.2, -0.15) is 0 Å². The molecule has 84 valence electrons. The lowest BCUT2D eigenvalue weighted by Crippen LogP contribution is -1.99. The predicted octanol–water partition coefficient (Wildman–Crippen LogP) is 4.08. The number of anilines is 1. The van der Waals surface area contributed by atoms with Crippen molar-refractivity contribution in [2.24, 2.45) is 0 Å². The molecule has 0 unspecified atom stereocenters. The molecule has 0 fully saturated rings. The van der Waals surface area contributed by atoms with Crippen molar-refractivity contribution in [3.8, 4) is 0 Å². The molecule has 0 bridgehead atoms. The Kier molecular flexibility index (Phi) is 3.96. The van der Waals surface area contributed by atoms with Crippen LogP contribution in [0.2, 0.25) is 0 Å². The Bertz CT molecular complexity index is 468.